The Morgan fingerprint density at radius 2 is 2.54 bits per heavy atom. The Balaban J connectivity index is 2.46. The average Bonchev–Trinajstić information content (AvgIpc) is 2.61. The molecule has 0 aromatic carbocycles. The molecule has 0 radical (unpaired) electrons. The second-order valence-corrected chi connectivity index (χ2v) is 10.3. The number of halogens is 1. The fourth-order valence-corrected chi connectivity index (χ4v) is 7.32. The molecule has 1 N–H and O–H groups in total. The van der Waals surface area contributed by atoms with E-state index in [4.69, 9.17) is 17.7 Å². The molecule has 0 aromatic heterocycles. The molecule has 1 aliphatic heterocycles. The second kappa shape index (κ2) is 6.56. The van der Waals surface area contributed by atoms with Crippen molar-refractivity contribution in [3.8, 4) is 0 Å². The zero-order valence-corrected chi connectivity index (χ0v) is 14.2. The zero-order chi connectivity index (χ0) is 9.68. The van der Waals surface area contributed by atoms with Crippen molar-refractivity contribution in [2.75, 3.05) is 20.3 Å². The van der Waals surface area contributed by atoms with E-state index in [9.17, 15) is 5.11 Å². The van der Waals surface area contributed by atoms with Crippen LogP contribution < -0.4 is 0 Å². The van der Waals surface area contributed by atoms with Crippen LogP contribution in [-0.4, -0.2) is 37.6 Å². The Morgan fingerprint density at radius 1 is 1.77 bits per heavy atom. The molecule has 1 heterocycles. The van der Waals surface area contributed by atoms with Crippen LogP contribution in [0, 0.1) is 5.92 Å². The molecule has 3 nitrogen and oxygen atoms in total. The molecule has 0 amide bonds. The molecule has 0 saturated carbocycles. The van der Waals surface area contributed by atoms with Crippen LogP contribution in [0.5, 0.6) is 0 Å². The van der Waals surface area contributed by atoms with E-state index in [0.717, 1.165) is 17.0 Å². The molecule has 1 aliphatic rings. The molecule has 5 heteroatoms. The van der Waals surface area contributed by atoms with E-state index in [-0.39, 0.29) is 24.7 Å². The zero-order valence-electron chi connectivity index (χ0n) is 7.91. The molecule has 1 fully saturated rings. The normalized spacial score (nSPS) is 30.1. The summed E-state index contributed by atoms with van der Waals surface area (Å²) in [5.41, 5.74) is 0. The molecule has 0 spiro atoms. The predicted molar refractivity (Wildman–Crippen MR) is 46.4 cm³/mol. The van der Waals surface area contributed by atoms with Gasteiger partial charge in [0.15, 0.2) is 0 Å². The topological polar surface area (TPSA) is 38.7 Å². The van der Waals surface area contributed by atoms with Gasteiger partial charge < -0.3 is 0 Å². The third-order valence-electron chi connectivity index (χ3n) is 2.56. The molecule has 1 saturated heterocycles. The summed E-state index contributed by atoms with van der Waals surface area (Å²) in [6.07, 6.45) is 1.18. The Morgan fingerprint density at radius 3 is 3.08 bits per heavy atom. The number of aliphatic hydroxyl groups is 1. The van der Waals surface area contributed by atoms with Crippen LogP contribution in [0.2, 0.25) is 3.93 Å². The maximum atomic E-state index is 9.17. The Labute approximate surface area is 94.6 Å². The predicted octanol–water partition coefficient (Wildman–Crippen LogP) is 1.05. The molecule has 0 aliphatic carbocycles. The summed E-state index contributed by atoms with van der Waals surface area (Å²) in [5, 5.41) is 9.17. The summed E-state index contributed by atoms with van der Waals surface area (Å²) in [7, 11) is 7.56. The molecular weight excluding hydrogens is 380 g/mol. The van der Waals surface area contributed by atoms with Crippen molar-refractivity contribution in [1.82, 2.24) is 0 Å². The molecule has 74 valence electrons. The summed E-state index contributed by atoms with van der Waals surface area (Å²) in [4.78, 5) is 0. The van der Waals surface area contributed by atoms with E-state index in [1.54, 1.807) is 7.11 Å². The van der Waals surface area contributed by atoms with Gasteiger partial charge in [0.25, 0.3) is 0 Å². The number of aliphatic hydroxyl groups excluding tert-OH is 1. The second-order valence-electron chi connectivity index (χ2n) is 3.32. The quantitative estimate of drug-likeness (QED) is 0.708. The summed E-state index contributed by atoms with van der Waals surface area (Å²) in [6.45, 7) is 0.927. The number of hydrogen-bond acceptors (Lipinski definition) is 3. The van der Waals surface area contributed by atoms with E-state index < -0.39 is 23.3 Å². The first-order valence-electron chi connectivity index (χ1n) is 4.64. The van der Waals surface area contributed by atoms with E-state index in [2.05, 4.69) is 0 Å². The van der Waals surface area contributed by atoms with E-state index in [1.807, 2.05) is 0 Å². The molecule has 3 atom stereocenters. The standard InChI is InChI=1S/C8H15O3.ClH.Hg/c1-6(5-9)8-7(10-2)3-4-11-8;;/h6-9H,1,3-5H2,2H3;1H;/q;;+1/p-1/t6-,7-,8?;;/m0../s1. The van der Waals surface area contributed by atoms with E-state index in [0.29, 0.717) is 0 Å². The van der Waals surface area contributed by atoms with Crippen molar-refractivity contribution in [1.29, 1.82) is 0 Å². The summed E-state index contributed by atoms with van der Waals surface area (Å²) in [6, 6.07) is 0. The van der Waals surface area contributed by atoms with Crippen LogP contribution in [0.25, 0.3) is 0 Å². The molecule has 0 aromatic rings. The summed E-state index contributed by atoms with van der Waals surface area (Å²) < 4.78 is 11.9. The van der Waals surface area contributed by atoms with Crippen molar-refractivity contribution in [3.05, 3.63) is 0 Å². The van der Waals surface area contributed by atoms with Gasteiger partial charge in [0.2, 0.25) is 0 Å². The minimum absolute atomic E-state index is 0.0775. The van der Waals surface area contributed by atoms with Gasteiger partial charge in [-0.1, -0.05) is 0 Å². The van der Waals surface area contributed by atoms with Gasteiger partial charge in [0.05, 0.1) is 0 Å². The molecule has 1 unspecified atom stereocenters. The Bertz CT molecular complexity index is 147. The van der Waals surface area contributed by atoms with E-state index in [1.165, 1.54) is 0 Å². The number of ether oxygens (including phenoxy) is 2. The minimum atomic E-state index is -1.19. The van der Waals surface area contributed by atoms with Crippen LogP contribution in [0.1, 0.15) is 6.42 Å². The van der Waals surface area contributed by atoms with Crippen LogP contribution in [0.4, 0.5) is 0 Å². The summed E-state index contributed by atoms with van der Waals surface area (Å²) in [5.74, 6) is 0.214. The van der Waals surface area contributed by atoms with Gasteiger partial charge in [-0.2, -0.15) is 0 Å². The third kappa shape index (κ3) is 3.31. The van der Waals surface area contributed by atoms with Gasteiger partial charge in [-0.15, -0.1) is 0 Å². The first-order chi connectivity index (χ1) is 6.33. The average molecular weight is 395 g/mol. The first kappa shape index (κ1) is 12.2. The van der Waals surface area contributed by atoms with Crippen molar-refractivity contribution in [3.63, 3.8) is 0 Å². The van der Waals surface area contributed by atoms with Crippen LogP contribution in [0.15, 0.2) is 0 Å². The van der Waals surface area contributed by atoms with Crippen LogP contribution in [-0.2, 0) is 32.8 Å². The Hall–Kier alpha value is 1.11. The van der Waals surface area contributed by atoms with Crippen molar-refractivity contribution < 1.29 is 37.9 Å². The van der Waals surface area contributed by atoms with E-state index >= 15 is 0 Å². The van der Waals surface area contributed by atoms with Crippen molar-refractivity contribution in [2.45, 2.75) is 22.6 Å². The fourth-order valence-electron chi connectivity index (χ4n) is 1.78. The number of hydrogen-bond donors (Lipinski definition) is 1. The van der Waals surface area contributed by atoms with Gasteiger partial charge in [0.1, 0.15) is 0 Å². The maximum absolute atomic E-state index is 9.17. The first-order valence-corrected chi connectivity index (χ1v) is 15.3. The van der Waals surface area contributed by atoms with Crippen molar-refractivity contribution >= 4 is 8.25 Å². The van der Waals surface area contributed by atoms with Gasteiger partial charge in [-0.25, -0.2) is 0 Å². The van der Waals surface area contributed by atoms with Gasteiger partial charge in [-0.05, 0) is 0 Å². The van der Waals surface area contributed by atoms with Gasteiger partial charge in [-0.3, -0.25) is 0 Å². The summed E-state index contributed by atoms with van der Waals surface area (Å²) >= 11 is -1.19. The van der Waals surface area contributed by atoms with Crippen LogP contribution >= 0.6 is 8.25 Å². The third-order valence-corrected chi connectivity index (χ3v) is 8.21. The molecule has 1 rings (SSSR count). The van der Waals surface area contributed by atoms with Gasteiger partial charge >= 0.3 is 95.0 Å². The molecule has 0 bridgehead atoms. The van der Waals surface area contributed by atoms with Crippen molar-refractivity contribution in [2.24, 2.45) is 5.92 Å². The number of methoxy groups -OCH3 is 1. The molecular formula is C8H15ClHgO3. The SMILES string of the molecule is CO[C@H]1CCOC1[C@H](CO)[CH2][Hg][Cl]. The number of rotatable bonds is 5. The monoisotopic (exact) mass is 396 g/mol. The van der Waals surface area contributed by atoms with Gasteiger partial charge in [0, 0.05) is 0 Å². The fraction of sp³-hybridized carbons (Fsp3) is 1.00. The molecule has 13 heavy (non-hydrogen) atoms. The Kier molecular flexibility index (Phi) is 6.15. The van der Waals surface area contributed by atoms with Crippen LogP contribution in [0.3, 0.4) is 0 Å².